The molecule has 0 spiro atoms. The Morgan fingerprint density at radius 3 is 2.45 bits per heavy atom. The fourth-order valence-electron chi connectivity index (χ4n) is 4.59. The average Bonchev–Trinajstić information content (AvgIpc) is 3.06. The molecule has 1 N–H and O–H groups in total. The Balaban J connectivity index is 1.25. The summed E-state index contributed by atoms with van der Waals surface area (Å²) in [7, 11) is 0. The fraction of sp³-hybridized carbons (Fsp3) is 0.478. The molecule has 0 saturated carbocycles. The van der Waals surface area contributed by atoms with Crippen molar-refractivity contribution in [3.8, 4) is 5.95 Å². The number of para-hydroxylation sites is 2. The summed E-state index contributed by atoms with van der Waals surface area (Å²) in [4.78, 5) is 39.4. The van der Waals surface area contributed by atoms with Gasteiger partial charge in [0.05, 0.1) is 29.5 Å². The van der Waals surface area contributed by atoms with Crippen LogP contribution in [0.5, 0.6) is 0 Å². The van der Waals surface area contributed by atoms with Crippen LogP contribution >= 0.6 is 11.6 Å². The van der Waals surface area contributed by atoms with E-state index in [4.69, 9.17) is 11.6 Å². The molecule has 174 valence electrons. The minimum absolute atomic E-state index is 0.125. The van der Waals surface area contributed by atoms with Crippen LogP contribution < -0.4 is 10.5 Å². The van der Waals surface area contributed by atoms with Crippen LogP contribution in [0.4, 0.5) is 5.69 Å². The van der Waals surface area contributed by atoms with Gasteiger partial charge in [-0.1, -0.05) is 36.6 Å². The second kappa shape index (κ2) is 9.52. The smallest absolute Gasteiger partial charge is 0.295 e. The summed E-state index contributed by atoms with van der Waals surface area (Å²) in [6, 6.07) is 7.55. The lowest BCUT2D eigenvalue weighted by Crippen LogP contribution is -2.50. The van der Waals surface area contributed by atoms with E-state index in [0.29, 0.717) is 31.3 Å². The molecule has 0 atom stereocenters. The summed E-state index contributed by atoms with van der Waals surface area (Å²) in [6.07, 6.45) is 6.25. The molecule has 2 aliphatic heterocycles. The Morgan fingerprint density at radius 1 is 1.00 bits per heavy atom. The molecule has 4 heterocycles. The topological polar surface area (TPSA) is 90.4 Å². The number of anilines is 1. The number of carbonyl (C=O) groups excluding carboxylic acids is 1. The monoisotopic (exact) mass is 469 g/mol. The Hall–Kier alpha value is -2.91. The standard InChI is InChI=1S/C23H28ClN7O2/c24-21-19(15-25-31(22(21)33)23-26-17-7-3-4-8-18(17)27-23)29-13-11-28(12-14-29)16-20(32)30-9-5-1-2-6-10-30/h3-4,7-8,15H,1-2,5-6,9-14,16H2,(H,26,27). The normalized spacial score (nSPS) is 18.0. The van der Waals surface area contributed by atoms with Crippen LogP contribution in [0, 0.1) is 0 Å². The number of benzene rings is 1. The fourth-order valence-corrected chi connectivity index (χ4v) is 4.84. The molecule has 0 unspecified atom stereocenters. The number of halogens is 1. The number of likely N-dealkylation sites (tertiary alicyclic amines) is 1. The number of piperazine rings is 1. The molecule has 1 aromatic carbocycles. The molecule has 0 aliphatic carbocycles. The molecule has 0 bridgehead atoms. The highest BCUT2D eigenvalue weighted by Gasteiger charge is 2.25. The molecule has 1 amide bonds. The first-order valence-electron chi connectivity index (χ1n) is 11.6. The van der Waals surface area contributed by atoms with E-state index in [1.165, 1.54) is 17.5 Å². The van der Waals surface area contributed by atoms with Gasteiger partial charge in [-0.3, -0.25) is 14.5 Å². The maximum Gasteiger partial charge on any atom is 0.295 e. The van der Waals surface area contributed by atoms with Gasteiger partial charge in [0.2, 0.25) is 11.9 Å². The van der Waals surface area contributed by atoms with Crippen molar-refractivity contribution in [2.24, 2.45) is 0 Å². The molecule has 9 nitrogen and oxygen atoms in total. The molecule has 2 fully saturated rings. The molecule has 5 rings (SSSR count). The second-order valence-corrected chi connectivity index (χ2v) is 9.07. The minimum Gasteiger partial charge on any atom is -0.366 e. The van der Waals surface area contributed by atoms with Gasteiger partial charge < -0.3 is 14.8 Å². The van der Waals surface area contributed by atoms with Gasteiger partial charge in [-0.15, -0.1) is 0 Å². The van der Waals surface area contributed by atoms with Crippen molar-refractivity contribution in [1.29, 1.82) is 0 Å². The van der Waals surface area contributed by atoms with Gasteiger partial charge in [0.15, 0.2) is 0 Å². The molecule has 10 heteroatoms. The van der Waals surface area contributed by atoms with E-state index in [2.05, 4.69) is 24.9 Å². The quantitative estimate of drug-likeness (QED) is 0.630. The number of rotatable bonds is 4. The van der Waals surface area contributed by atoms with E-state index in [0.717, 1.165) is 50.1 Å². The van der Waals surface area contributed by atoms with Crippen molar-refractivity contribution in [3.63, 3.8) is 0 Å². The second-order valence-electron chi connectivity index (χ2n) is 8.70. The van der Waals surface area contributed by atoms with Crippen molar-refractivity contribution in [2.45, 2.75) is 25.7 Å². The third-order valence-electron chi connectivity index (χ3n) is 6.51. The SMILES string of the molecule is O=C(CN1CCN(c2cnn(-c3nc4ccccc4[nH]3)c(=O)c2Cl)CC1)N1CCCCCC1. The van der Waals surface area contributed by atoms with E-state index < -0.39 is 5.56 Å². The summed E-state index contributed by atoms with van der Waals surface area (Å²) in [5.74, 6) is 0.560. The van der Waals surface area contributed by atoms with Crippen molar-refractivity contribution < 1.29 is 4.79 Å². The van der Waals surface area contributed by atoms with Crippen molar-refractivity contribution >= 4 is 34.2 Å². The molecule has 2 aromatic heterocycles. The number of aromatic amines is 1. The third kappa shape index (κ3) is 4.60. The van der Waals surface area contributed by atoms with E-state index in [9.17, 15) is 9.59 Å². The van der Waals surface area contributed by atoms with Crippen LogP contribution in [-0.4, -0.2) is 81.3 Å². The molecule has 3 aromatic rings. The Labute approximate surface area is 196 Å². The maximum atomic E-state index is 12.9. The Kier molecular flexibility index (Phi) is 6.32. The predicted molar refractivity (Wildman–Crippen MR) is 128 cm³/mol. The maximum absolute atomic E-state index is 12.9. The summed E-state index contributed by atoms with van der Waals surface area (Å²) < 4.78 is 1.20. The van der Waals surface area contributed by atoms with Crippen LogP contribution in [0.3, 0.4) is 0 Å². The zero-order valence-corrected chi connectivity index (χ0v) is 19.3. The molecular formula is C23H28ClN7O2. The Bertz CT molecular complexity index is 1160. The van der Waals surface area contributed by atoms with Crippen molar-refractivity contribution in [1.82, 2.24) is 29.5 Å². The first-order chi connectivity index (χ1) is 16.1. The number of carbonyl (C=O) groups is 1. The molecule has 2 aliphatic rings. The first kappa shape index (κ1) is 21.9. The van der Waals surface area contributed by atoms with Crippen LogP contribution in [0.1, 0.15) is 25.7 Å². The van der Waals surface area contributed by atoms with Crippen molar-refractivity contribution in [3.05, 3.63) is 45.8 Å². The van der Waals surface area contributed by atoms with Crippen LogP contribution in [0.15, 0.2) is 35.3 Å². The number of hydrogen-bond acceptors (Lipinski definition) is 6. The Morgan fingerprint density at radius 2 is 1.73 bits per heavy atom. The highest BCUT2D eigenvalue weighted by atomic mass is 35.5. The minimum atomic E-state index is -0.410. The van der Waals surface area contributed by atoms with E-state index in [-0.39, 0.29) is 10.9 Å². The molecule has 33 heavy (non-hydrogen) atoms. The number of hydrogen-bond donors (Lipinski definition) is 1. The number of fused-ring (bicyclic) bond motifs is 1. The number of imidazole rings is 1. The highest BCUT2D eigenvalue weighted by molar-refractivity contribution is 6.33. The summed E-state index contributed by atoms with van der Waals surface area (Å²) >= 11 is 6.49. The number of nitrogens with one attached hydrogen (secondary N) is 1. The predicted octanol–water partition coefficient (Wildman–Crippen LogP) is 2.29. The van der Waals surface area contributed by atoms with E-state index >= 15 is 0 Å². The first-order valence-corrected chi connectivity index (χ1v) is 12.0. The third-order valence-corrected chi connectivity index (χ3v) is 6.86. The summed E-state index contributed by atoms with van der Waals surface area (Å²) in [5, 5.41) is 4.45. The molecule has 0 radical (unpaired) electrons. The lowest BCUT2D eigenvalue weighted by atomic mass is 10.2. The van der Waals surface area contributed by atoms with Gasteiger partial charge in [-0.2, -0.15) is 9.78 Å². The summed E-state index contributed by atoms with van der Waals surface area (Å²) in [5.41, 5.74) is 1.79. The number of amides is 1. The van der Waals surface area contributed by atoms with Crippen molar-refractivity contribution in [2.75, 3.05) is 50.7 Å². The van der Waals surface area contributed by atoms with Gasteiger partial charge in [0.1, 0.15) is 5.02 Å². The number of aromatic nitrogens is 4. The zero-order chi connectivity index (χ0) is 22.8. The van der Waals surface area contributed by atoms with Crippen LogP contribution in [-0.2, 0) is 4.79 Å². The molecular weight excluding hydrogens is 442 g/mol. The van der Waals surface area contributed by atoms with Gasteiger partial charge >= 0.3 is 0 Å². The zero-order valence-electron chi connectivity index (χ0n) is 18.5. The summed E-state index contributed by atoms with van der Waals surface area (Å²) in [6.45, 7) is 5.05. The van der Waals surface area contributed by atoms with Crippen LogP contribution in [0.2, 0.25) is 5.02 Å². The van der Waals surface area contributed by atoms with Gasteiger partial charge in [-0.05, 0) is 25.0 Å². The highest BCUT2D eigenvalue weighted by Crippen LogP contribution is 2.23. The largest absolute Gasteiger partial charge is 0.366 e. The van der Waals surface area contributed by atoms with E-state index in [1.54, 1.807) is 6.20 Å². The molecule has 2 saturated heterocycles. The van der Waals surface area contributed by atoms with Gasteiger partial charge in [0, 0.05) is 39.3 Å². The lowest BCUT2D eigenvalue weighted by molar-refractivity contribution is -0.132. The van der Waals surface area contributed by atoms with Gasteiger partial charge in [-0.25, -0.2) is 4.98 Å². The van der Waals surface area contributed by atoms with Gasteiger partial charge in [0.25, 0.3) is 5.56 Å². The van der Waals surface area contributed by atoms with E-state index in [1.807, 2.05) is 29.2 Å². The lowest BCUT2D eigenvalue weighted by Gasteiger charge is -2.36. The number of H-pyrrole nitrogens is 1. The number of nitrogens with zero attached hydrogens (tertiary/aromatic N) is 6. The van der Waals surface area contributed by atoms with Crippen LogP contribution in [0.25, 0.3) is 17.0 Å². The average molecular weight is 470 g/mol.